The molecular formula is C31H46ClFN2O5Si. The van der Waals surface area contributed by atoms with Crippen LogP contribution in [0.1, 0.15) is 65.7 Å². The number of anilines is 1. The van der Waals surface area contributed by atoms with Crippen LogP contribution >= 0.6 is 11.6 Å². The molecule has 2 atom stereocenters. The van der Waals surface area contributed by atoms with Gasteiger partial charge in [-0.1, -0.05) is 50.6 Å². The van der Waals surface area contributed by atoms with Crippen LogP contribution in [0.3, 0.4) is 0 Å². The van der Waals surface area contributed by atoms with Crippen molar-refractivity contribution in [3.63, 3.8) is 0 Å². The summed E-state index contributed by atoms with van der Waals surface area (Å²) < 4.78 is 32.2. The Hall–Kier alpha value is -2.62. The lowest BCUT2D eigenvalue weighted by atomic mass is 10.1. The Morgan fingerprint density at radius 1 is 1.07 bits per heavy atom. The highest BCUT2D eigenvalue weighted by atomic mass is 35.5. The maximum Gasteiger partial charge on any atom is 0.410 e. The van der Waals surface area contributed by atoms with Crippen molar-refractivity contribution in [3.05, 3.63) is 64.4 Å². The van der Waals surface area contributed by atoms with Gasteiger partial charge in [0.1, 0.15) is 11.4 Å². The molecule has 0 saturated carbocycles. The van der Waals surface area contributed by atoms with Gasteiger partial charge in [-0.05, 0) is 81.2 Å². The third-order valence-electron chi connectivity index (χ3n) is 7.18. The SMILES string of the molecule is COC(=O)Cc1ccc(NC[C@@H](C)N(C[C@H](O[Si](C)(C)C(C)(C)C)c2cccc(Cl)c2)C(=O)OC(C)(C)C)c(F)c1. The van der Waals surface area contributed by atoms with Crippen LogP contribution in [0.5, 0.6) is 0 Å². The molecule has 0 aliphatic heterocycles. The third kappa shape index (κ3) is 10.6. The molecule has 0 radical (unpaired) electrons. The number of carbonyl (C=O) groups excluding carboxylic acids is 2. The topological polar surface area (TPSA) is 77.1 Å². The van der Waals surface area contributed by atoms with E-state index < -0.39 is 43.9 Å². The quantitative estimate of drug-likeness (QED) is 0.206. The monoisotopic (exact) mass is 608 g/mol. The first kappa shape index (κ1) is 34.6. The van der Waals surface area contributed by atoms with Crippen LogP contribution in [-0.4, -0.2) is 57.1 Å². The van der Waals surface area contributed by atoms with Gasteiger partial charge >= 0.3 is 12.1 Å². The lowest BCUT2D eigenvalue weighted by Crippen LogP contribution is -2.49. The number of nitrogens with zero attached hydrogens (tertiary/aromatic N) is 1. The van der Waals surface area contributed by atoms with Gasteiger partial charge in [0.25, 0.3) is 0 Å². The average Bonchev–Trinajstić information content (AvgIpc) is 2.83. The van der Waals surface area contributed by atoms with Crippen LogP contribution in [0.25, 0.3) is 0 Å². The molecule has 0 aliphatic rings. The molecular weight excluding hydrogens is 563 g/mol. The summed E-state index contributed by atoms with van der Waals surface area (Å²) in [7, 11) is -0.978. The number of methoxy groups -OCH3 is 1. The number of halogens is 2. The fourth-order valence-corrected chi connectivity index (χ4v) is 5.28. The normalized spacial score (nSPS) is 13.8. The zero-order valence-electron chi connectivity index (χ0n) is 26.1. The van der Waals surface area contributed by atoms with E-state index in [1.54, 1.807) is 23.1 Å². The van der Waals surface area contributed by atoms with E-state index in [0.29, 0.717) is 10.6 Å². The van der Waals surface area contributed by atoms with Crippen molar-refractivity contribution in [2.24, 2.45) is 0 Å². The summed E-state index contributed by atoms with van der Waals surface area (Å²) in [6, 6.07) is 11.6. The number of hydrogen-bond donors (Lipinski definition) is 1. The molecule has 0 fully saturated rings. The lowest BCUT2D eigenvalue weighted by molar-refractivity contribution is -0.139. The number of nitrogens with one attached hydrogen (secondary N) is 1. The van der Waals surface area contributed by atoms with Crippen LogP contribution in [-0.2, 0) is 25.1 Å². The van der Waals surface area contributed by atoms with Gasteiger partial charge in [0.15, 0.2) is 8.32 Å². The Bertz CT molecular complexity index is 1200. The first-order valence-electron chi connectivity index (χ1n) is 13.8. The summed E-state index contributed by atoms with van der Waals surface area (Å²) in [6.07, 6.45) is -0.971. The van der Waals surface area contributed by atoms with Gasteiger partial charge in [0, 0.05) is 17.6 Å². The van der Waals surface area contributed by atoms with Crippen molar-refractivity contribution in [2.45, 2.75) is 90.8 Å². The Morgan fingerprint density at radius 3 is 2.27 bits per heavy atom. The van der Waals surface area contributed by atoms with Gasteiger partial charge < -0.3 is 24.1 Å². The Morgan fingerprint density at radius 2 is 1.73 bits per heavy atom. The highest BCUT2D eigenvalue weighted by Gasteiger charge is 2.41. The van der Waals surface area contributed by atoms with Gasteiger partial charge in [0.05, 0.1) is 31.9 Å². The molecule has 1 amide bonds. The molecule has 0 unspecified atom stereocenters. The van der Waals surface area contributed by atoms with Crippen LogP contribution in [0.4, 0.5) is 14.9 Å². The fraction of sp³-hybridized carbons (Fsp3) is 0.548. The number of amides is 1. The van der Waals surface area contributed by atoms with Crippen LogP contribution in [0.2, 0.25) is 23.2 Å². The molecule has 7 nitrogen and oxygen atoms in total. The van der Waals surface area contributed by atoms with E-state index in [1.165, 1.54) is 13.2 Å². The van der Waals surface area contributed by atoms with Crippen molar-refractivity contribution in [2.75, 3.05) is 25.5 Å². The van der Waals surface area contributed by atoms with Crippen molar-refractivity contribution in [1.29, 1.82) is 0 Å². The smallest absolute Gasteiger partial charge is 0.410 e. The highest BCUT2D eigenvalue weighted by Crippen LogP contribution is 2.40. The third-order valence-corrected chi connectivity index (χ3v) is 11.9. The van der Waals surface area contributed by atoms with E-state index in [0.717, 1.165) is 5.56 Å². The molecule has 41 heavy (non-hydrogen) atoms. The second-order valence-corrected chi connectivity index (χ2v) is 18.0. The number of hydrogen-bond acceptors (Lipinski definition) is 6. The second kappa shape index (κ2) is 14.0. The van der Waals surface area contributed by atoms with Crippen LogP contribution in [0, 0.1) is 5.82 Å². The van der Waals surface area contributed by atoms with E-state index in [4.69, 9.17) is 20.8 Å². The molecule has 1 N–H and O–H groups in total. The first-order valence-corrected chi connectivity index (χ1v) is 17.1. The molecule has 2 aromatic carbocycles. The fourth-order valence-electron chi connectivity index (χ4n) is 3.80. The Labute approximate surface area is 250 Å². The summed E-state index contributed by atoms with van der Waals surface area (Å²) in [5.74, 6) is -0.943. The molecule has 228 valence electrons. The number of ether oxygens (including phenoxy) is 2. The number of benzene rings is 2. The van der Waals surface area contributed by atoms with Gasteiger partial charge in [-0.3, -0.25) is 4.79 Å². The average molecular weight is 609 g/mol. The number of carbonyl (C=O) groups is 2. The lowest BCUT2D eigenvalue weighted by Gasteiger charge is -2.41. The van der Waals surface area contributed by atoms with E-state index in [2.05, 4.69) is 43.9 Å². The van der Waals surface area contributed by atoms with Gasteiger partial charge in [-0.2, -0.15) is 0 Å². The van der Waals surface area contributed by atoms with E-state index in [-0.39, 0.29) is 30.2 Å². The highest BCUT2D eigenvalue weighted by molar-refractivity contribution is 6.74. The molecule has 2 aromatic rings. The number of esters is 1. The van der Waals surface area contributed by atoms with Crippen molar-refractivity contribution < 1.29 is 27.9 Å². The zero-order chi connectivity index (χ0) is 31.2. The van der Waals surface area contributed by atoms with Crippen molar-refractivity contribution in [3.8, 4) is 0 Å². The molecule has 10 heteroatoms. The summed E-state index contributed by atoms with van der Waals surface area (Å²) >= 11 is 6.36. The minimum atomic E-state index is -2.27. The van der Waals surface area contributed by atoms with E-state index in [9.17, 15) is 14.0 Å². The first-order chi connectivity index (χ1) is 18.8. The molecule has 0 saturated heterocycles. The zero-order valence-corrected chi connectivity index (χ0v) is 27.8. The molecule has 0 heterocycles. The van der Waals surface area contributed by atoms with E-state index in [1.807, 2.05) is 45.9 Å². The molecule has 0 bridgehead atoms. The second-order valence-electron chi connectivity index (χ2n) is 12.9. The minimum absolute atomic E-state index is 0.0182. The summed E-state index contributed by atoms with van der Waals surface area (Å²) in [4.78, 5) is 26.7. The van der Waals surface area contributed by atoms with Gasteiger partial charge in [-0.25, -0.2) is 9.18 Å². The maximum absolute atomic E-state index is 14.9. The summed E-state index contributed by atoms with van der Waals surface area (Å²) in [5.41, 5.74) is 0.924. The van der Waals surface area contributed by atoms with Gasteiger partial charge in [-0.15, -0.1) is 0 Å². The molecule has 0 spiro atoms. The predicted octanol–water partition coefficient (Wildman–Crippen LogP) is 8.00. The van der Waals surface area contributed by atoms with Crippen LogP contribution in [0.15, 0.2) is 42.5 Å². The molecule has 2 rings (SSSR count). The number of rotatable bonds is 11. The van der Waals surface area contributed by atoms with Crippen LogP contribution < -0.4 is 5.32 Å². The van der Waals surface area contributed by atoms with E-state index >= 15 is 0 Å². The van der Waals surface area contributed by atoms with Crippen molar-refractivity contribution in [1.82, 2.24) is 4.90 Å². The van der Waals surface area contributed by atoms with Gasteiger partial charge in [0.2, 0.25) is 0 Å². The maximum atomic E-state index is 14.9. The standard InChI is InChI=1S/C31H46ClFN2O5Si/c1-21(19-34-26-15-14-22(16-25(26)33)17-28(36)38-8)35(29(37)39-30(2,3)4)20-27(23-12-11-13-24(32)18-23)40-41(9,10)31(5,6)7/h11-16,18,21,27,34H,17,19-20H2,1-10H3/t21-,27+/m1/s1. The molecule has 0 aliphatic carbocycles. The molecule has 0 aromatic heterocycles. The van der Waals surface area contributed by atoms with Crippen molar-refractivity contribution >= 4 is 37.7 Å². The minimum Gasteiger partial charge on any atom is -0.469 e. The largest absolute Gasteiger partial charge is 0.469 e. The Kier molecular flexibility index (Phi) is 11.8. The predicted molar refractivity (Wildman–Crippen MR) is 165 cm³/mol. The Balaban J connectivity index is 2.36. The summed E-state index contributed by atoms with van der Waals surface area (Å²) in [6.45, 7) is 18.6. The summed E-state index contributed by atoms with van der Waals surface area (Å²) in [5, 5.41) is 3.62.